The van der Waals surface area contributed by atoms with Crippen molar-refractivity contribution >= 4 is 34.0 Å². The third-order valence-corrected chi connectivity index (χ3v) is 2.95. The largest absolute Gasteiger partial charge is 0.393 e. The molecule has 0 radical (unpaired) electrons. The van der Waals surface area contributed by atoms with Crippen molar-refractivity contribution in [2.45, 2.75) is 13.3 Å². The van der Waals surface area contributed by atoms with E-state index in [1.807, 2.05) is 31.2 Å². The molecule has 0 fully saturated rings. The Balaban J connectivity index is 2.28. The van der Waals surface area contributed by atoms with Gasteiger partial charge in [-0.25, -0.2) is 0 Å². The summed E-state index contributed by atoms with van der Waals surface area (Å²) in [7, 11) is 0. The number of amides is 1. The summed E-state index contributed by atoms with van der Waals surface area (Å²) in [6.45, 7) is 2.32. The first kappa shape index (κ1) is 13.4. The van der Waals surface area contributed by atoms with Gasteiger partial charge in [-0.3, -0.25) is 9.78 Å². The summed E-state index contributed by atoms with van der Waals surface area (Å²) in [5.74, 6) is -0.127. The third-order valence-electron chi connectivity index (χ3n) is 2.75. The van der Waals surface area contributed by atoms with E-state index in [0.717, 1.165) is 16.6 Å². The number of thiocarbonyl (C=S) groups is 1. The van der Waals surface area contributed by atoms with Gasteiger partial charge >= 0.3 is 0 Å². The van der Waals surface area contributed by atoms with E-state index in [0.29, 0.717) is 23.5 Å². The predicted molar refractivity (Wildman–Crippen MR) is 80.2 cm³/mol. The molecule has 0 atom stereocenters. The van der Waals surface area contributed by atoms with E-state index in [9.17, 15) is 4.79 Å². The van der Waals surface area contributed by atoms with Crippen LogP contribution in [-0.4, -0.2) is 22.4 Å². The Morgan fingerprint density at radius 3 is 2.89 bits per heavy atom. The molecule has 4 nitrogen and oxygen atoms in total. The second-order valence-electron chi connectivity index (χ2n) is 4.30. The summed E-state index contributed by atoms with van der Waals surface area (Å²) >= 11 is 4.78. The van der Waals surface area contributed by atoms with Crippen molar-refractivity contribution < 1.29 is 4.79 Å². The molecule has 1 amide bonds. The van der Waals surface area contributed by atoms with Crippen LogP contribution in [0.1, 0.15) is 22.5 Å². The second-order valence-corrected chi connectivity index (χ2v) is 4.82. The summed E-state index contributed by atoms with van der Waals surface area (Å²) in [4.78, 5) is 17.0. The van der Waals surface area contributed by atoms with Crippen LogP contribution in [0.15, 0.2) is 30.3 Å². The molecule has 5 heteroatoms. The fourth-order valence-corrected chi connectivity index (χ4v) is 1.99. The topological polar surface area (TPSA) is 68.0 Å². The number of aryl methyl sites for hydroxylation is 1. The van der Waals surface area contributed by atoms with Gasteiger partial charge in [0, 0.05) is 24.0 Å². The van der Waals surface area contributed by atoms with Crippen molar-refractivity contribution in [3.8, 4) is 0 Å². The van der Waals surface area contributed by atoms with Crippen molar-refractivity contribution in [2.24, 2.45) is 5.73 Å². The number of hydrogen-bond acceptors (Lipinski definition) is 3. The number of carbonyl (C=O) groups excluding carboxylic acids is 1. The maximum Gasteiger partial charge on any atom is 0.252 e. The maximum absolute atomic E-state index is 12.2. The Labute approximate surface area is 117 Å². The first-order valence-corrected chi connectivity index (χ1v) is 6.41. The lowest BCUT2D eigenvalue weighted by Gasteiger charge is -2.08. The highest BCUT2D eigenvalue weighted by Gasteiger charge is 2.11. The standard InChI is InChI=1S/C14H15N3OS/c1-9-8-11(14(18)16-7-6-13(15)19)10-4-2-3-5-12(10)17-9/h2-5,8H,6-7H2,1H3,(H2,15,19)(H,16,18). The SMILES string of the molecule is Cc1cc(C(=O)NCCC(N)=S)c2ccccc2n1. The molecule has 19 heavy (non-hydrogen) atoms. The molecule has 0 saturated heterocycles. The van der Waals surface area contributed by atoms with Crippen LogP contribution in [0.4, 0.5) is 0 Å². The van der Waals surface area contributed by atoms with E-state index >= 15 is 0 Å². The van der Waals surface area contributed by atoms with E-state index in [2.05, 4.69) is 10.3 Å². The van der Waals surface area contributed by atoms with Gasteiger partial charge in [-0.15, -0.1) is 0 Å². The molecule has 0 unspecified atom stereocenters. The van der Waals surface area contributed by atoms with E-state index < -0.39 is 0 Å². The lowest BCUT2D eigenvalue weighted by atomic mass is 10.1. The number of aromatic nitrogens is 1. The molecule has 1 aromatic heterocycles. The number of carbonyl (C=O) groups is 1. The molecule has 2 rings (SSSR count). The van der Waals surface area contributed by atoms with Crippen LogP contribution in [0.5, 0.6) is 0 Å². The number of benzene rings is 1. The van der Waals surface area contributed by atoms with Crippen LogP contribution >= 0.6 is 12.2 Å². The monoisotopic (exact) mass is 273 g/mol. The smallest absolute Gasteiger partial charge is 0.252 e. The van der Waals surface area contributed by atoms with E-state index in [4.69, 9.17) is 18.0 Å². The maximum atomic E-state index is 12.2. The average molecular weight is 273 g/mol. The Morgan fingerprint density at radius 2 is 2.16 bits per heavy atom. The molecule has 98 valence electrons. The molecule has 3 N–H and O–H groups in total. The van der Waals surface area contributed by atoms with Crippen LogP contribution in [0.25, 0.3) is 10.9 Å². The second kappa shape index (κ2) is 5.75. The lowest BCUT2D eigenvalue weighted by Crippen LogP contribution is -2.27. The third kappa shape index (κ3) is 3.26. The Morgan fingerprint density at radius 1 is 1.42 bits per heavy atom. The van der Waals surface area contributed by atoms with Crippen molar-refractivity contribution in [3.63, 3.8) is 0 Å². The van der Waals surface area contributed by atoms with Crippen LogP contribution < -0.4 is 11.1 Å². The van der Waals surface area contributed by atoms with Crippen LogP contribution in [0.2, 0.25) is 0 Å². The zero-order valence-corrected chi connectivity index (χ0v) is 11.5. The average Bonchev–Trinajstić information content (AvgIpc) is 2.37. The number of hydrogen-bond donors (Lipinski definition) is 2. The zero-order chi connectivity index (χ0) is 13.8. The normalized spacial score (nSPS) is 10.4. The van der Waals surface area contributed by atoms with Crippen molar-refractivity contribution in [1.29, 1.82) is 0 Å². The number of nitrogens with one attached hydrogen (secondary N) is 1. The van der Waals surface area contributed by atoms with Crippen LogP contribution in [0.3, 0.4) is 0 Å². The van der Waals surface area contributed by atoms with Gasteiger partial charge in [-0.1, -0.05) is 30.4 Å². The van der Waals surface area contributed by atoms with Gasteiger partial charge in [-0.05, 0) is 19.1 Å². The summed E-state index contributed by atoms with van der Waals surface area (Å²) < 4.78 is 0. The van der Waals surface area contributed by atoms with Crippen molar-refractivity contribution in [2.75, 3.05) is 6.54 Å². The quantitative estimate of drug-likeness (QED) is 0.835. The molecule has 0 aliphatic carbocycles. The van der Waals surface area contributed by atoms with E-state index in [1.165, 1.54) is 0 Å². The summed E-state index contributed by atoms with van der Waals surface area (Å²) in [6, 6.07) is 9.38. The van der Waals surface area contributed by atoms with Crippen molar-refractivity contribution in [1.82, 2.24) is 10.3 Å². The minimum absolute atomic E-state index is 0.127. The summed E-state index contributed by atoms with van der Waals surface area (Å²) in [6.07, 6.45) is 0.503. The molecule has 2 aromatic rings. The van der Waals surface area contributed by atoms with Gasteiger partial charge in [-0.2, -0.15) is 0 Å². The summed E-state index contributed by atoms with van der Waals surface area (Å²) in [5.41, 5.74) is 7.67. The highest BCUT2D eigenvalue weighted by Crippen LogP contribution is 2.17. The number of pyridine rings is 1. The van der Waals surface area contributed by atoms with Gasteiger partial charge in [0.1, 0.15) is 0 Å². The fraction of sp³-hybridized carbons (Fsp3) is 0.214. The van der Waals surface area contributed by atoms with E-state index in [1.54, 1.807) is 6.07 Å². The number of nitrogens with two attached hydrogens (primary N) is 1. The summed E-state index contributed by atoms with van der Waals surface area (Å²) in [5, 5.41) is 3.66. The first-order valence-electron chi connectivity index (χ1n) is 6.01. The minimum atomic E-state index is -0.127. The van der Waals surface area contributed by atoms with Gasteiger partial charge < -0.3 is 11.1 Å². The highest BCUT2D eigenvalue weighted by atomic mass is 32.1. The molecule has 1 heterocycles. The van der Waals surface area contributed by atoms with Gasteiger partial charge in [0.25, 0.3) is 5.91 Å². The molecule has 0 aliphatic rings. The Hall–Kier alpha value is -2.01. The molecule has 0 bridgehead atoms. The zero-order valence-electron chi connectivity index (χ0n) is 10.6. The molecular weight excluding hydrogens is 258 g/mol. The fourth-order valence-electron chi connectivity index (χ4n) is 1.89. The van der Waals surface area contributed by atoms with Crippen molar-refractivity contribution in [3.05, 3.63) is 41.6 Å². The molecule has 1 aromatic carbocycles. The van der Waals surface area contributed by atoms with Gasteiger partial charge in [0.2, 0.25) is 0 Å². The number of fused-ring (bicyclic) bond motifs is 1. The number of rotatable bonds is 4. The number of nitrogens with zero attached hydrogens (tertiary/aromatic N) is 1. The Kier molecular flexibility index (Phi) is 4.06. The molecular formula is C14H15N3OS. The first-order chi connectivity index (χ1) is 9.08. The molecule has 0 spiro atoms. The lowest BCUT2D eigenvalue weighted by molar-refractivity contribution is 0.0956. The molecule has 0 aliphatic heterocycles. The molecule has 0 saturated carbocycles. The van der Waals surface area contributed by atoms with Gasteiger partial charge in [0.05, 0.1) is 16.1 Å². The highest BCUT2D eigenvalue weighted by molar-refractivity contribution is 7.80. The predicted octanol–water partition coefficient (Wildman–Crippen LogP) is 1.95. The van der Waals surface area contributed by atoms with Gasteiger partial charge in [0.15, 0.2) is 0 Å². The van der Waals surface area contributed by atoms with Crippen LogP contribution in [0, 0.1) is 6.92 Å². The minimum Gasteiger partial charge on any atom is -0.393 e. The number of para-hydroxylation sites is 1. The van der Waals surface area contributed by atoms with Crippen LogP contribution in [-0.2, 0) is 0 Å². The van der Waals surface area contributed by atoms with E-state index in [-0.39, 0.29) is 5.91 Å². The Bertz CT molecular complexity index is 640.